The van der Waals surface area contributed by atoms with Gasteiger partial charge in [0.2, 0.25) is 0 Å². The molecule has 3 aromatic carbocycles. The Bertz CT molecular complexity index is 935. The van der Waals surface area contributed by atoms with Crippen molar-refractivity contribution in [2.75, 3.05) is 12.4 Å². The Hall–Kier alpha value is -3.12. The molecule has 0 spiro atoms. The van der Waals surface area contributed by atoms with Crippen molar-refractivity contribution in [2.45, 2.75) is 4.90 Å². The molecule has 0 aromatic heterocycles. The molecule has 0 amide bonds. The van der Waals surface area contributed by atoms with Gasteiger partial charge in [0.05, 0.1) is 0 Å². The van der Waals surface area contributed by atoms with Crippen molar-refractivity contribution < 1.29 is 23.4 Å². The zero-order valence-corrected chi connectivity index (χ0v) is 16.2. The summed E-state index contributed by atoms with van der Waals surface area (Å²) < 4.78 is 31.7. The Morgan fingerprint density at radius 1 is 0.862 bits per heavy atom. The monoisotopic (exact) mass is 412 g/mol. The molecule has 0 saturated heterocycles. The van der Waals surface area contributed by atoms with Crippen molar-refractivity contribution in [1.82, 2.24) is 0 Å². The van der Waals surface area contributed by atoms with Gasteiger partial charge in [0.15, 0.2) is 6.61 Å². The van der Waals surface area contributed by atoms with E-state index in [0.29, 0.717) is 11.5 Å². The molecule has 0 aliphatic carbocycles. The molecule has 0 atom stereocenters. The number of benzene rings is 3. The molecule has 0 radical (unpaired) electrons. The van der Waals surface area contributed by atoms with E-state index in [9.17, 15) is 13.6 Å². The van der Waals surface area contributed by atoms with Crippen LogP contribution in [0.5, 0.6) is 5.75 Å². The predicted molar refractivity (Wildman–Crippen MR) is 110 cm³/mol. The van der Waals surface area contributed by atoms with Gasteiger partial charge in [0, 0.05) is 10.6 Å². The first-order valence-corrected chi connectivity index (χ1v) is 9.79. The second-order valence-corrected chi connectivity index (χ2v) is 7.19. The lowest BCUT2D eigenvalue weighted by molar-refractivity contribution is -0.139. The number of rotatable bonds is 8. The number of thioether (sulfide) groups is 1. The van der Waals surface area contributed by atoms with Crippen LogP contribution in [0, 0.1) is 11.6 Å². The smallest absolute Gasteiger partial charge is 0.341 e. The van der Waals surface area contributed by atoms with Gasteiger partial charge in [-0.25, -0.2) is 13.6 Å². The minimum absolute atomic E-state index is 0.313. The van der Waals surface area contributed by atoms with Crippen LogP contribution in [0.15, 0.2) is 83.8 Å². The molecule has 6 heteroatoms. The molecule has 3 aromatic rings. The van der Waals surface area contributed by atoms with Crippen molar-refractivity contribution >= 4 is 23.3 Å². The second kappa shape index (κ2) is 9.89. The molecule has 0 aliphatic rings. The first-order chi connectivity index (χ1) is 14.0. The third-order valence-corrected chi connectivity index (χ3v) is 4.97. The van der Waals surface area contributed by atoms with E-state index in [-0.39, 0.29) is 18.2 Å². The highest BCUT2D eigenvalue weighted by Crippen LogP contribution is 2.27. The van der Waals surface area contributed by atoms with E-state index in [4.69, 9.17) is 9.84 Å². The molecule has 148 valence electrons. The zero-order valence-electron chi connectivity index (χ0n) is 15.3. The number of aliphatic carboxylic acids is 1. The Morgan fingerprint density at radius 3 is 1.86 bits per heavy atom. The fourth-order valence-electron chi connectivity index (χ4n) is 2.66. The van der Waals surface area contributed by atoms with Gasteiger partial charge in [-0.1, -0.05) is 30.3 Å². The largest absolute Gasteiger partial charge is 0.482 e. The summed E-state index contributed by atoms with van der Waals surface area (Å²) in [4.78, 5) is 11.5. The van der Waals surface area contributed by atoms with Crippen LogP contribution < -0.4 is 4.74 Å². The molecule has 3 nitrogen and oxygen atoms in total. The summed E-state index contributed by atoms with van der Waals surface area (Å²) in [6.07, 6.45) is 2.01. The number of carbonyl (C=O) groups is 1. The predicted octanol–water partition coefficient (Wildman–Crippen LogP) is 5.65. The third-order valence-electron chi connectivity index (χ3n) is 4.03. The number of ether oxygens (including phenoxy) is 1. The fourth-order valence-corrected chi connectivity index (χ4v) is 3.43. The summed E-state index contributed by atoms with van der Waals surface area (Å²) in [7, 11) is 0. The summed E-state index contributed by atoms with van der Waals surface area (Å²) in [6.45, 7) is -0.381. The first-order valence-electron chi connectivity index (χ1n) is 8.81. The quantitative estimate of drug-likeness (QED) is 0.486. The topological polar surface area (TPSA) is 46.5 Å². The van der Waals surface area contributed by atoms with Gasteiger partial charge in [-0.05, 0) is 65.2 Å². The Balaban J connectivity index is 1.73. The van der Waals surface area contributed by atoms with Gasteiger partial charge in [0.1, 0.15) is 17.4 Å². The average molecular weight is 412 g/mol. The van der Waals surface area contributed by atoms with E-state index in [0.717, 1.165) is 21.6 Å². The van der Waals surface area contributed by atoms with Gasteiger partial charge >= 0.3 is 5.97 Å². The molecular formula is C23H18F2O3S. The summed E-state index contributed by atoms with van der Waals surface area (Å²) in [5.74, 6) is -0.522. The molecule has 3 rings (SSSR count). The summed E-state index contributed by atoms with van der Waals surface area (Å²) >= 11 is 1.58. The normalized spacial score (nSPS) is 10.4. The van der Waals surface area contributed by atoms with Crippen LogP contribution in [0.25, 0.3) is 5.57 Å². The minimum Gasteiger partial charge on any atom is -0.482 e. The summed E-state index contributed by atoms with van der Waals surface area (Å²) in [5, 5.41) is 8.64. The van der Waals surface area contributed by atoms with Crippen molar-refractivity contribution in [2.24, 2.45) is 0 Å². The SMILES string of the molecule is O=C(O)COc1ccc(SCC=C(c2ccc(F)cc2)c2ccc(F)cc2)cc1. The molecule has 0 heterocycles. The van der Waals surface area contributed by atoms with Gasteiger partial charge < -0.3 is 9.84 Å². The van der Waals surface area contributed by atoms with Crippen LogP contribution in [-0.2, 0) is 4.79 Å². The second-order valence-electron chi connectivity index (χ2n) is 6.10. The lowest BCUT2D eigenvalue weighted by Crippen LogP contribution is -2.09. The molecular weight excluding hydrogens is 394 g/mol. The zero-order chi connectivity index (χ0) is 20.6. The average Bonchev–Trinajstić information content (AvgIpc) is 2.72. The molecule has 0 unspecified atom stereocenters. The standard InChI is InChI=1S/C23H18F2O3S/c24-18-5-1-16(2-6-18)22(17-3-7-19(25)8-4-17)13-14-29-21-11-9-20(10-12-21)28-15-23(26)27/h1-13H,14-15H2,(H,26,27). The maximum Gasteiger partial charge on any atom is 0.341 e. The van der Waals surface area contributed by atoms with E-state index in [2.05, 4.69) is 0 Å². The number of carboxylic acid groups (broad SMARTS) is 1. The lowest BCUT2D eigenvalue weighted by atomic mass is 9.98. The number of hydrogen-bond acceptors (Lipinski definition) is 3. The molecule has 1 N–H and O–H groups in total. The number of halogens is 2. The van der Waals surface area contributed by atoms with E-state index in [1.807, 2.05) is 18.2 Å². The van der Waals surface area contributed by atoms with Crippen molar-refractivity contribution in [1.29, 1.82) is 0 Å². The first kappa shape index (κ1) is 20.6. The van der Waals surface area contributed by atoms with E-state index < -0.39 is 5.97 Å². The summed E-state index contributed by atoms with van der Waals surface area (Å²) in [6, 6.07) is 19.5. The van der Waals surface area contributed by atoms with Crippen LogP contribution in [0.3, 0.4) is 0 Å². The number of hydrogen-bond donors (Lipinski definition) is 1. The van der Waals surface area contributed by atoms with Crippen LogP contribution in [-0.4, -0.2) is 23.4 Å². The Labute approximate surface area is 171 Å². The molecule has 29 heavy (non-hydrogen) atoms. The Morgan fingerprint density at radius 2 is 1.38 bits per heavy atom. The van der Waals surface area contributed by atoms with Gasteiger partial charge in [-0.2, -0.15) is 0 Å². The van der Waals surface area contributed by atoms with E-state index in [1.165, 1.54) is 24.3 Å². The Kier molecular flexibility index (Phi) is 7.03. The van der Waals surface area contributed by atoms with Crippen molar-refractivity contribution in [3.05, 3.63) is 102 Å². The third kappa shape index (κ3) is 6.19. The molecule has 0 saturated carbocycles. The highest BCUT2D eigenvalue weighted by Gasteiger charge is 2.06. The van der Waals surface area contributed by atoms with Gasteiger partial charge in [0.25, 0.3) is 0 Å². The molecule has 0 fully saturated rings. The highest BCUT2D eigenvalue weighted by atomic mass is 32.2. The molecule has 0 bridgehead atoms. The fraction of sp³-hybridized carbons (Fsp3) is 0.0870. The van der Waals surface area contributed by atoms with Gasteiger partial charge in [-0.3, -0.25) is 0 Å². The lowest BCUT2D eigenvalue weighted by Gasteiger charge is -2.09. The number of carboxylic acids is 1. The van der Waals surface area contributed by atoms with Crippen LogP contribution in [0.2, 0.25) is 0 Å². The summed E-state index contributed by atoms with van der Waals surface area (Å²) in [5.41, 5.74) is 2.57. The van der Waals surface area contributed by atoms with Crippen LogP contribution in [0.4, 0.5) is 8.78 Å². The highest BCUT2D eigenvalue weighted by molar-refractivity contribution is 7.99. The maximum absolute atomic E-state index is 13.3. The van der Waals surface area contributed by atoms with Gasteiger partial charge in [-0.15, -0.1) is 11.8 Å². The van der Waals surface area contributed by atoms with E-state index in [1.54, 1.807) is 48.2 Å². The van der Waals surface area contributed by atoms with Crippen molar-refractivity contribution in [3.63, 3.8) is 0 Å². The van der Waals surface area contributed by atoms with Crippen LogP contribution >= 0.6 is 11.8 Å². The van der Waals surface area contributed by atoms with Crippen LogP contribution in [0.1, 0.15) is 11.1 Å². The molecule has 0 aliphatic heterocycles. The minimum atomic E-state index is -1.03. The maximum atomic E-state index is 13.3. The van der Waals surface area contributed by atoms with Crippen molar-refractivity contribution in [3.8, 4) is 5.75 Å². The van der Waals surface area contributed by atoms with E-state index >= 15 is 0 Å².